The number of nitrogens with zero attached hydrogens (tertiary/aromatic N) is 3. The molecule has 1 saturated heterocycles. The Morgan fingerprint density at radius 1 is 1.25 bits per heavy atom. The Kier molecular flexibility index (Phi) is 4.64. The summed E-state index contributed by atoms with van der Waals surface area (Å²) in [5.74, 6) is -0.0651. The zero-order chi connectivity index (χ0) is 17.0. The fraction of sp³-hybridized carbons (Fsp3) is 0.389. The molecule has 1 fully saturated rings. The first-order chi connectivity index (χ1) is 11.7. The van der Waals surface area contributed by atoms with Crippen molar-refractivity contribution >= 4 is 11.8 Å². The smallest absolute Gasteiger partial charge is 0.249 e. The Bertz CT molecular complexity index is 699. The fourth-order valence-corrected chi connectivity index (χ4v) is 3.36. The van der Waals surface area contributed by atoms with E-state index in [1.54, 1.807) is 35.1 Å². The molecule has 1 aromatic carbocycles. The Balaban J connectivity index is 1.81. The van der Waals surface area contributed by atoms with Gasteiger partial charge in [0.1, 0.15) is 0 Å². The largest absolute Gasteiger partial charge is 0.357 e. The van der Waals surface area contributed by atoms with E-state index in [-0.39, 0.29) is 11.8 Å². The van der Waals surface area contributed by atoms with Crippen molar-refractivity contribution in [2.24, 2.45) is 0 Å². The summed E-state index contributed by atoms with van der Waals surface area (Å²) in [5.41, 5.74) is 0.153. The van der Waals surface area contributed by atoms with E-state index >= 15 is 0 Å². The highest BCUT2D eigenvalue weighted by Gasteiger charge is 2.45. The Hall–Kier alpha value is -2.63. The van der Waals surface area contributed by atoms with Gasteiger partial charge < -0.3 is 10.2 Å². The maximum Gasteiger partial charge on any atom is 0.249 e. The normalized spacial score (nSPS) is 20.6. The minimum Gasteiger partial charge on any atom is -0.357 e. The van der Waals surface area contributed by atoms with E-state index in [0.717, 1.165) is 12.0 Å². The molecule has 24 heavy (non-hydrogen) atoms. The van der Waals surface area contributed by atoms with Crippen molar-refractivity contribution in [1.82, 2.24) is 20.0 Å². The Morgan fingerprint density at radius 2 is 2.04 bits per heavy atom. The maximum atomic E-state index is 12.7. The molecule has 0 spiro atoms. The van der Waals surface area contributed by atoms with Crippen LogP contribution in [0.25, 0.3) is 0 Å². The molecule has 1 atom stereocenters. The highest BCUT2D eigenvalue weighted by Crippen LogP contribution is 2.29. The zero-order valence-corrected chi connectivity index (χ0v) is 13.8. The second kappa shape index (κ2) is 6.86. The molecule has 0 aliphatic carbocycles. The van der Waals surface area contributed by atoms with E-state index in [2.05, 4.69) is 10.4 Å². The summed E-state index contributed by atoms with van der Waals surface area (Å²) < 4.78 is 1.69. The predicted molar refractivity (Wildman–Crippen MR) is 90.2 cm³/mol. The number of rotatable bonds is 4. The van der Waals surface area contributed by atoms with Crippen LogP contribution in [0.2, 0.25) is 0 Å². The molecule has 126 valence electrons. The molecule has 1 aliphatic rings. The fourth-order valence-electron chi connectivity index (χ4n) is 3.36. The van der Waals surface area contributed by atoms with Crippen LogP contribution in [0.15, 0.2) is 48.8 Å². The highest BCUT2D eigenvalue weighted by molar-refractivity contribution is 5.86. The molecule has 0 radical (unpaired) electrons. The van der Waals surface area contributed by atoms with E-state index in [9.17, 15) is 9.59 Å². The zero-order valence-electron chi connectivity index (χ0n) is 13.8. The highest BCUT2D eigenvalue weighted by atomic mass is 16.2. The second-order valence-corrected chi connectivity index (χ2v) is 6.14. The molecular weight excluding hydrogens is 304 g/mol. The summed E-state index contributed by atoms with van der Waals surface area (Å²) in [6.07, 6.45) is 5.25. The van der Waals surface area contributed by atoms with Crippen molar-refractivity contribution in [3.63, 3.8) is 0 Å². The molecule has 0 saturated carbocycles. The third-order valence-corrected chi connectivity index (χ3v) is 4.61. The van der Waals surface area contributed by atoms with Gasteiger partial charge in [0.05, 0.1) is 13.0 Å². The molecule has 6 heteroatoms. The van der Waals surface area contributed by atoms with E-state index in [4.69, 9.17) is 0 Å². The first-order valence-corrected chi connectivity index (χ1v) is 8.20. The van der Waals surface area contributed by atoms with Gasteiger partial charge in [-0.15, -0.1) is 0 Å². The quantitative estimate of drug-likeness (QED) is 0.918. The van der Waals surface area contributed by atoms with Crippen LogP contribution in [-0.4, -0.2) is 46.6 Å². The van der Waals surface area contributed by atoms with Crippen LogP contribution in [-0.2, 0) is 21.5 Å². The molecule has 2 amide bonds. The summed E-state index contributed by atoms with van der Waals surface area (Å²) in [6, 6.07) is 11.5. The average Bonchev–Trinajstić information content (AvgIpc) is 3.17. The number of aromatic nitrogens is 2. The van der Waals surface area contributed by atoms with Crippen molar-refractivity contribution in [2.75, 3.05) is 20.1 Å². The van der Waals surface area contributed by atoms with Crippen LogP contribution in [0.5, 0.6) is 0 Å². The molecule has 1 unspecified atom stereocenters. The molecule has 1 aliphatic heterocycles. The third-order valence-electron chi connectivity index (χ3n) is 4.61. The Morgan fingerprint density at radius 3 is 2.71 bits per heavy atom. The summed E-state index contributed by atoms with van der Waals surface area (Å²) in [5, 5.41) is 7.01. The first kappa shape index (κ1) is 16.2. The lowest BCUT2D eigenvalue weighted by molar-refractivity contribution is -0.140. The van der Waals surface area contributed by atoms with Gasteiger partial charge in [0.25, 0.3) is 0 Å². The van der Waals surface area contributed by atoms with Crippen LogP contribution >= 0.6 is 0 Å². The molecule has 1 N–H and O–H groups in total. The van der Waals surface area contributed by atoms with Gasteiger partial charge in [0, 0.05) is 26.0 Å². The van der Waals surface area contributed by atoms with Crippen molar-refractivity contribution in [3.05, 3.63) is 54.4 Å². The van der Waals surface area contributed by atoms with Crippen molar-refractivity contribution in [2.45, 2.75) is 24.8 Å². The monoisotopic (exact) mass is 326 g/mol. The van der Waals surface area contributed by atoms with Crippen LogP contribution < -0.4 is 5.32 Å². The molecule has 1 aromatic heterocycles. The molecule has 2 aromatic rings. The summed E-state index contributed by atoms with van der Waals surface area (Å²) >= 11 is 0. The minimum atomic E-state index is -0.831. The number of amides is 2. The third kappa shape index (κ3) is 3.04. The van der Waals surface area contributed by atoms with Gasteiger partial charge in [0.15, 0.2) is 5.54 Å². The predicted octanol–water partition coefficient (Wildman–Crippen LogP) is 1.19. The van der Waals surface area contributed by atoms with Gasteiger partial charge in [-0.25, -0.2) is 0 Å². The molecule has 0 bridgehead atoms. The minimum absolute atomic E-state index is 0.0429. The van der Waals surface area contributed by atoms with E-state index < -0.39 is 5.54 Å². The second-order valence-electron chi connectivity index (χ2n) is 6.14. The topological polar surface area (TPSA) is 67.2 Å². The van der Waals surface area contributed by atoms with E-state index in [0.29, 0.717) is 25.9 Å². The molecular formula is C18H22N4O2. The number of piperidine rings is 1. The number of carbonyl (C=O) groups is 2. The number of hydrogen-bond donors (Lipinski definition) is 1. The van der Waals surface area contributed by atoms with Crippen LogP contribution in [0, 0.1) is 0 Å². The average molecular weight is 326 g/mol. The van der Waals surface area contributed by atoms with Crippen molar-refractivity contribution < 1.29 is 9.59 Å². The van der Waals surface area contributed by atoms with Crippen LogP contribution in [0.3, 0.4) is 0 Å². The number of likely N-dealkylation sites (N-methyl/N-ethyl adjacent to an activating group) is 1. The number of carbonyl (C=O) groups excluding carboxylic acids is 2. The van der Waals surface area contributed by atoms with Gasteiger partial charge in [-0.1, -0.05) is 30.3 Å². The summed E-state index contributed by atoms with van der Waals surface area (Å²) in [6.45, 7) is 1.02. The van der Waals surface area contributed by atoms with Gasteiger partial charge in [-0.3, -0.25) is 14.3 Å². The first-order valence-electron chi connectivity index (χ1n) is 8.20. The number of nitrogens with one attached hydrogen (secondary N) is 1. The lowest BCUT2D eigenvalue weighted by Gasteiger charge is -2.41. The summed E-state index contributed by atoms with van der Waals surface area (Å²) in [4.78, 5) is 27.1. The van der Waals surface area contributed by atoms with Gasteiger partial charge in [0.2, 0.25) is 11.8 Å². The SMILES string of the molecule is CNC(=O)C1(n2cccn2)CCCN(C(=O)Cc2ccccc2)C1. The number of likely N-dealkylation sites (tertiary alicyclic amines) is 1. The lowest BCUT2D eigenvalue weighted by atomic mass is 9.87. The lowest BCUT2D eigenvalue weighted by Crippen LogP contribution is -2.59. The van der Waals surface area contributed by atoms with Crippen LogP contribution in [0.4, 0.5) is 0 Å². The van der Waals surface area contributed by atoms with Crippen LogP contribution in [0.1, 0.15) is 18.4 Å². The van der Waals surface area contributed by atoms with Crippen molar-refractivity contribution in [3.8, 4) is 0 Å². The van der Waals surface area contributed by atoms with E-state index in [1.165, 1.54) is 0 Å². The Labute approximate surface area is 141 Å². The maximum absolute atomic E-state index is 12.7. The van der Waals surface area contributed by atoms with E-state index in [1.807, 2.05) is 30.3 Å². The van der Waals surface area contributed by atoms with Gasteiger partial charge in [-0.2, -0.15) is 5.10 Å². The molecule has 3 rings (SSSR count). The van der Waals surface area contributed by atoms with Gasteiger partial charge >= 0.3 is 0 Å². The standard InChI is InChI=1S/C18H22N4O2/c1-19-17(24)18(22-12-6-10-20-22)9-5-11-21(14-18)16(23)13-15-7-3-2-4-8-15/h2-4,6-8,10,12H,5,9,11,13-14H2,1H3,(H,19,24). The van der Waals surface area contributed by atoms with Gasteiger partial charge in [-0.05, 0) is 24.5 Å². The molecule has 6 nitrogen and oxygen atoms in total. The molecule has 2 heterocycles. The summed E-state index contributed by atoms with van der Waals surface area (Å²) in [7, 11) is 1.62. The van der Waals surface area contributed by atoms with Crippen molar-refractivity contribution in [1.29, 1.82) is 0 Å². The number of hydrogen-bond acceptors (Lipinski definition) is 3. The number of benzene rings is 1.